The first-order valence-corrected chi connectivity index (χ1v) is 7.96. The Morgan fingerprint density at radius 2 is 2.04 bits per heavy atom. The molecule has 0 amide bonds. The van der Waals surface area contributed by atoms with Crippen molar-refractivity contribution in [3.63, 3.8) is 0 Å². The highest BCUT2D eigenvalue weighted by Crippen LogP contribution is 2.29. The lowest BCUT2D eigenvalue weighted by atomic mass is 10.1. The third-order valence-electron chi connectivity index (χ3n) is 4.77. The molecule has 0 N–H and O–H groups in total. The van der Waals surface area contributed by atoms with Crippen LogP contribution in [0.2, 0.25) is 0 Å². The molecule has 0 aromatic heterocycles. The second kappa shape index (κ2) is 6.54. The molecule has 23 heavy (non-hydrogen) atoms. The van der Waals surface area contributed by atoms with Crippen molar-refractivity contribution in [1.29, 1.82) is 0 Å². The molecule has 2 aliphatic heterocycles. The Morgan fingerprint density at radius 3 is 2.70 bits per heavy atom. The van der Waals surface area contributed by atoms with E-state index in [1.807, 2.05) is 0 Å². The van der Waals surface area contributed by atoms with Gasteiger partial charge >= 0.3 is 5.97 Å². The molecule has 2 heterocycles. The molecule has 1 aromatic carbocycles. The summed E-state index contributed by atoms with van der Waals surface area (Å²) in [5, 5.41) is 11.1. The van der Waals surface area contributed by atoms with Gasteiger partial charge in [-0.25, -0.2) is 4.79 Å². The third kappa shape index (κ3) is 3.14. The van der Waals surface area contributed by atoms with Crippen LogP contribution in [0, 0.1) is 10.1 Å². The zero-order chi connectivity index (χ0) is 16.4. The SMILES string of the molecule is COC(=O)c1cc(N2CCC(N3CCCC3)C2)ccc1[N+](=O)[O-]. The summed E-state index contributed by atoms with van der Waals surface area (Å²) in [6.45, 7) is 4.12. The summed E-state index contributed by atoms with van der Waals surface area (Å²) in [5.41, 5.74) is 0.646. The number of carbonyl (C=O) groups is 1. The zero-order valence-corrected chi connectivity index (χ0v) is 13.2. The van der Waals surface area contributed by atoms with Crippen LogP contribution < -0.4 is 4.90 Å². The lowest BCUT2D eigenvalue weighted by molar-refractivity contribution is -0.385. The van der Waals surface area contributed by atoms with Crippen LogP contribution in [0.15, 0.2) is 18.2 Å². The molecule has 7 heteroatoms. The molecule has 1 aromatic rings. The van der Waals surface area contributed by atoms with Crippen LogP contribution in [0.5, 0.6) is 0 Å². The maximum Gasteiger partial charge on any atom is 0.344 e. The highest BCUT2D eigenvalue weighted by atomic mass is 16.6. The number of esters is 1. The number of ether oxygens (including phenoxy) is 1. The molecule has 2 saturated heterocycles. The first-order chi connectivity index (χ1) is 11.1. The van der Waals surface area contributed by atoms with Crippen LogP contribution >= 0.6 is 0 Å². The summed E-state index contributed by atoms with van der Waals surface area (Å²) in [7, 11) is 1.23. The molecular weight excluding hydrogens is 298 g/mol. The van der Waals surface area contributed by atoms with E-state index in [1.165, 1.54) is 26.0 Å². The summed E-state index contributed by atoms with van der Waals surface area (Å²) in [6, 6.07) is 5.23. The molecule has 2 aliphatic rings. The highest BCUT2D eigenvalue weighted by molar-refractivity contribution is 5.95. The summed E-state index contributed by atoms with van der Waals surface area (Å²) in [5.74, 6) is -0.672. The summed E-state index contributed by atoms with van der Waals surface area (Å²) < 4.78 is 4.68. The minimum absolute atomic E-state index is 0.0135. The molecule has 0 spiro atoms. The number of anilines is 1. The molecule has 0 aliphatic carbocycles. The van der Waals surface area contributed by atoms with Gasteiger partial charge in [0, 0.05) is 30.9 Å². The van der Waals surface area contributed by atoms with Gasteiger partial charge in [-0.3, -0.25) is 15.0 Å². The lowest BCUT2D eigenvalue weighted by Gasteiger charge is -2.24. The Labute approximate surface area is 135 Å². The van der Waals surface area contributed by atoms with Gasteiger partial charge in [0.15, 0.2) is 0 Å². The number of nitro groups is 1. The Kier molecular flexibility index (Phi) is 4.47. The molecule has 0 saturated carbocycles. The average Bonchev–Trinajstić information content (AvgIpc) is 3.24. The van der Waals surface area contributed by atoms with Crippen molar-refractivity contribution in [3.05, 3.63) is 33.9 Å². The zero-order valence-electron chi connectivity index (χ0n) is 13.2. The van der Waals surface area contributed by atoms with E-state index in [2.05, 4.69) is 14.5 Å². The highest BCUT2D eigenvalue weighted by Gasteiger charge is 2.30. The first kappa shape index (κ1) is 15.7. The maximum absolute atomic E-state index is 11.8. The lowest BCUT2D eigenvalue weighted by Crippen LogP contribution is -2.35. The first-order valence-electron chi connectivity index (χ1n) is 7.96. The molecule has 2 fully saturated rings. The van der Waals surface area contributed by atoms with Gasteiger partial charge in [0.05, 0.1) is 12.0 Å². The van der Waals surface area contributed by atoms with Gasteiger partial charge in [0.2, 0.25) is 0 Å². The average molecular weight is 319 g/mol. The largest absolute Gasteiger partial charge is 0.465 e. The number of benzene rings is 1. The van der Waals surface area contributed by atoms with Crippen molar-refractivity contribution in [2.24, 2.45) is 0 Å². The van der Waals surface area contributed by atoms with E-state index in [0.29, 0.717) is 6.04 Å². The van der Waals surface area contributed by atoms with Crippen molar-refractivity contribution in [2.45, 2.75) is 25.3 Å². The second-order valence-electron chi connectivity index (χ2n) is 6.08. The fraction of sp³-hybridized carbons (Fsp3) is 0.562. The quantitative estimate of drug-likeness (QED) is 0.480. The van der Waals surface area contributed by atoms with E-state index in [0.717, 1.165) is 38.3 Å². The Hall–Kier alpha value is -2.15. The van der Waals surface area contributed by atoms with Crippen molar-refractivity contribution < 1.29 is 14.5 Å². The van der Waals surface area contributed by atoms with E-state index < -0.39 is 10.9 Å². The summed E-state index contributed by atoms with van der Waals surface area (Å²) in [6.07, 6.45) is 3.62. The number of hydrogen-bond donors (Lipinski definition) is 0. The number of nitrogens with zero attached hydrogens (tertiary/aromatic N) is 3. The van der Waals surface area contributed by atoms with Gasteiger partial charge in [-0.15, -0.1) is 0 Å². The molecule has 1 atom stereocenters. The summed E-state index contributed by atoms with van der Waals surface area (Å²) in [4.78, 5) is 27.1. The standard InChI is InChI=1S/C16H21N3O4/c1-23-16(20)14-10-12(4-5-15(14)19(21)22)18-9-6-13(11-18)17-7-2-3-8-17/h4-5,10,13H,2-3,6-9,11H2,1H3. The van der Waals surface area contributed by atoms with Crippen LogP contribution in [0.3, 0.4) is 0 Å². The fourth-order valence-corrected chi connectivity index (χ4v) is 3.53. The molecule has 0 bridgehead atoms. The van der Waals surface area contributed by atoms with Crippen molar-refractivity contribution in [1.82, 2.24) is 4.90 Å². The van der Waals surface area contributed by atoms with E-state index in [9.17, 15) is 14.9 Å². The van der Waals surface area contributed by atoms with Crippen molar-refractivity contribution in [2.75, 3.05) is 38.2 Å². The van der Waals surface area contributed by atoms with Gasteiger partial charge in [-0.05, 0) is 44.5 Å². The number of nitro benzene ring substituents is 1. The smallest absolute Gasteiger partial charge is 0.344 e. The Balaban J connectivity index is 1.80. The minimum Gasteiger partial charge on any atom is -0.465 e. The van der Waals surface area contributed by atoms with Crippen molar-refractivity contribution in [3.8, 4) is 0 Å². The number of hydrogen-bond acceptors (Lipinski definition) is 6. The van der Waals surface area contributed by atoms with Crippen LogP contribution in [0.1, 0.15) is 29.6 Å². The third-order valence-corrected chi connectivity index (χ3v) is 4.77. The predicted octanol–water partition coefficient (Wildman–Crippen LogP) is 2.06. The fourth-order valence-electron chi connectivity index (χ4n) is 3.53. The van der Waals surface area contributed by atoms with E-state index in [-0.39, 0.29) is 11.3 Å². The van der Waals surface area contributed by atoms with Crippen LogP contribution in [-0.2, 0) is 4.74 Å². The minimum atomic E-state index is -0.672. The molecule has 3 rings (SSSR count). The van der Waals surface area contributed by atoms with Crippen LogP contribution in [0.25, 0.3) is 0 Å². The molecule has 7 nitrogen and oxygen atoms in total. The molecule has 124 valence electrons. The van der Waals surface area contributed by atoms with Crippen molar-refractivity contribution >= 4 is 17.3 Å². The normalized spacial score (nSPS) is 21.6. The number of methoxy groups -OCH3 is 1. The van der Waals surface area contributed by atoms with Gasteiger partial charge in [-0.2, -0.15) is 0 Å². The number of rotatable bonds is 4. The monoisotopic (exact) mass is 319 g/mol. The molecule has 1 unspecified atom stereocenters. The van der Waals surface area contributed by atoms with Gasteiger partial charge in [0.25, 0.3) is 5.69 Å². The van der Waals surface area contributed by atoms with Gasteiger partial charge in [0.1, 0.15) is 5.56 Å². The van der Waals surface area contributed by atoms with Gasteiger partial charge < -0.3 is 9.64 Å². The second-order valence-corrected chi connectivity index (χ2v) is 6.08. The Morgan fingerprint density at radius 1 is 1.30 bits per heavy atom. The maximum atomic E-state index is 11.8. The van der Waals surface area contributed by atoms with E-state index in [4.69, 9.17) is 0 Å². The van der Waals surface area contributed by atoms with E-state index >= 15 is 0 Å². The van der Waals surface area contributed by atoms with Gasteiger partial charge in [-0.1, -0.05) is 0 Å². The number of likely N-dealkylation sites (tertiary alicyclic amines) is 1. The molecule has 0 radical (unpaired) electrons. The van der Waals surface area contributed by atoms with Crippen LogP contribution in [-0.4, -0.2) is 55.1 Å². The van der Waals surface area contributed by atoms with Crippen LogP contribution in [0.4, 0.5) is 11.4 Å². The topological polar surface area (TPSA) is 75.9 Å². The molecular formula is C16H21N3O4. The summed E-state index contributed by atoms with van der Waals surface area (Å²) >= 11 is 0. The predicted molar refractivity (Wildman–Crippen MR) is 85.9 cm³/mol. The van der Waals surface area contributed by atoms with E-state index in [1.54, 1.807) is 12.1 Å². The Bertz CT molecular complexity index is 613. The number of carbonyl (C=O) groups excluding carboxylic acids is 1.